The summed E-state index contributed by atoms with van der Waals surface area (Å²) in [7, 11) is 3.39. The van der Waals surface area contributed by atoms with Gasteiger partial charge in [0.15, 0.2) is 0 Å². The highest BCUT2D eigenvalue weighted by atomic mass is 16.5. The molecule has 10 aromatic rings. The zero-order valence-corrected chi connectivity index (χ0v) is 30.2. The van der Waals surface area contributed by atoms with Gasteiger partial charge in [-0.1, -0.05) is 133 Å². The van der Waals surface area contributed by atoms with Crippen LogP contribution in [0.5, 0.6) is 11.5 Å². The number of aromatic nitrogens is 2. The molecule has 0 N–H and O–H groups in total. The van der Waals surface area contributed by atoms with Gasteiger partial charge in [0.1, 0.15) is 11.5 Å². The van der Waals surface area contributed by atoms with Crippen LogP contribution in [0.4, 0.5) is 0 Å². The van der Waals surface area contributed by atoms with Crippen LogP contribution in [-0.2, 0) is 0 Å². The maximum absolute atomic E-state index is 5.32. The Balaban J connectivity index is 0.000000142. The largest absolute Gasteiger partial charge is 0.497 e. The van der Waals surface area contributed by atoms with E-state index in [1.165, 1.54) is 77.2 Å². The van der Waals surface area contributed by atoms with Crippen LogP contribution < -0.4 is 9.47 Å². The molecule has 4 nitrogen and oxygen atoms in total. The number of nitrogens with zero attached hydrogens (tertiary/aromatic N) is 2. The average molecular weight is 699 g/mol. The maximum atomic E-state index is 5.32. The highest BCUT2D eigenvalue weighted by molar-refractivity contribution is 6.10. The molecule has 0 spiro atoms. The normalized spacial score (nSPS) is 11.1. The smallest absolute Gasteiger partial charge is 0.118 e. The van der Waals surface area contributed by atoms with E-state index in [1.807, 2.05) is 24.3 Å². The van der Waals surface area contributed by atoms with E-state index in [0.717, 1.165) is 11.5 Å². The van der Waals surface area contributed by atoms with Crippen molar-refractivity contribution in [1.29, 1.82) is 0 Å². The Morgan fingerprint density at radius 1 is 0.296 bits per heavy atom. The minimum Gasteiger partial charge on any atom is -0.497 e. The number of para-hydroxylation sites is 6. The van der Waals surface area contributed by atoms with Crippen molar-refractivity contribution in [3.05, 3.63) is 194 Å². The van der Waals surface area contributed by atoms with Gasteiger partial charge in [-0.25, -0.2) is 0 Å². The number of benzene rings is 8. The summed E-state index contributed by atoms with van der Waals surface area (Å²) in [5, 5.41) is 5.10. The summed E-state index contributed by atoms with van der Waals surface area (Å²) in [5.74, 6) is 1.74. The number of ether oxygens (including phenoxy) is 2. The van der Waals surface area contributed by atoms with Gasteiger partial charge in [-0.15, -0.1) is 0 Å². The quantitative estimate of drug-likeness (QED) is 0.173. The zero-order chi connectivity index (χ0) is 36.4. The molecular formula is C50H38N2O2. The van der Waals surface area contributed by atoms with Crippen LogP contribution in [-0.4, -0.2) is 23.4 Å². The van der Waals surface area contributed by atoms with Crippen molar-refractivity contribution < 1.29 is 9.47 Å². The molecule has 0 atom stereocenters. The maximum Gasteiger partial charge on any atom is 0.118 e. The molecule has 2 aromatic heterocycles. The Morgan fingerprint density at radius 3 is 0.889 bits per heavy atom. The van der Waals surface area contributed by atoms with Gasteiger partial charge in [0.25, 0.3) is 0 Å². The van der Waals surface area contributed by atoms with Crippen LogP contribution in [0.25, 0.3) is 77.2 Å². The van der Waals surface area contributed by atoms with Gasteiger partial charge in [0, 0.05) is 32.7 Å². The molecular weight excluding hydrogens is 661 g/mol. The zero-order valence-electron chi connectivity index (χ0n) is 30.2. The first kappa shape index (κ1) is 32.8. The fraction of sp³-hybridized carbons (Fsp3) is 0.0400. The summed E-state index contributed by atoms with van der Waals surface area (Å²) in [5.41, 5.74) is 12.0. The Kier molecular flexibility index (Phi) is 8.62. The fourth-order valence-electron chi connectivity index (χ4n) is 7.73. The van der Waals surface area contributed by atoms with Crippen molar-refractivity contribution in [2.24, 2.45) is 0 Å². The third-order valence-electron chi connectivity index (χ3n) is 10.3. The SMILES string of the molecule is COc1ccc(-c2ccccc2-n2c3ccccc3c3ccccc32)cc1.COc1ccc(-c2ccccc2-n2c3ccccc3c3ccccc32)cc1. The molecule has 10 rings (SSSR count). The fourth-order valence-corrected chi connectivity index (χ4v) is 7.73. The average Bonchev–Trinajstić information content (AvgIpc) is 3.77. The first-order valence-corrected chi connectivity index (χ1v) is 18.2. The molecule has 0 fully saturated rings. The van der Waals surface area contributed by atoms with Crippen LogP contribution >= 0.6 is 0 Å². The molecule has 4 heteroatoms. The minimum absolute atomic E-state index is 0.869. The van der Waals surface area contributed by atoms with E-state index < -0.39 is 0 Å². The molecule has 0 amide bonds. The number of fused-ring (bicyclic) bond motifs is 6. The van der Waals surface area contributed by atoms with Crippen LogP contribution in [0.3, 0.4) is 0 Å². The Labute approximate surface area is 314 Å². The predicted octanol–water partition coefficient (Wildman–Crippen LogP) is 12.9. The van der Waals surface area contributed by atoms with Crippen LogP contribution in [0.15, 0.2) is 194 Å². The van der Waals surface area contributed by atoms with Gasteiger partial charge in [-0.2, -0.15) is 0 Å². The molecule has 0 radical (unpaired) electrons. The van der Waals surface area contributed by atoms with Crippen LogP contribution in [0.1, 0.15) is 0 Å². The van der Waals surface area contributed by atoms with Crippen molar-refractivity contribution in [1.82, 2.24) is 9.13 Å². The van der Waals surface area contributed by atoms with Gasteiger partial charge in [0.2, 0.25) is 0 Å². The molecule has 0 aliphatic rings. The minimum atomic E-state index is 0.869. The van der Waals surface area contributed by atoms with Crippen molar-refractivity contribution in [3.8, 4) is 45.1 Å². The molecule has 0 bridgehead atoms. The Bertz CT molecular complexity index is 2590. The standard InChI is InChI=1S/2C25H19NO/c2*1-27-19-16-14-18(15-17-19)20-8-2-5-11-23(20)26-24-12-6-3-9-21(24)22-10-4-7-13-25(22)26/h2*2-17H,1H3. The molecule has 0 saturated heterocycles. The van der Waals surface area contributed by atoms with E-state index in [-0.39, 0.29) is 0 Å². The monoisotopic (exact) mass is 698 g/mol. The molecule has 54 heavy (non-hydrogen) atoms. The number of methoxy groups -OCH3 is 2. The first-order valence-electron chi connectivity index (χ1n) is 18.2. The summed E-state index contributed by atoms with van der Waals surface area (Å²) >= 11 is 0. The third-order valence-corrected chi connectivity index (χ3v) is 10.3. The number of rotatable bonds is 6. The molecule has 0 saturated carbocycles. The third kappa shape index (κ3) is 5.75. The summed E-state index contributed by atoms with van der Waals surface area (Å²) in [6.07, 6.45) is 0. The Morgan fingerprint density at radius 2 is 0.574 bits per heavy atom. The van der Waals surface area contributed by atoms with Crippen LogP contribution in [0, 0.1) is 0 Å². The van der Waals surface area contributed by atoms with Gasteiger partial charge in [-0.3, -0.25) is 0 Å². The summed E-state index contributed by atoms with van der Waals surface area (Å²) in [6.45, 7) is 0. The molecule has 260 valence electrons. The van der Waals surface area contributed by atoms with Crippen molar-refractivity contribution in [2.45, 2.75) is 0 Å². The molecule has 8 aromatic carbocycles. The van der Waals surface area contributed by atoms with E-state index >= 15 is 0 Å². The van der Waals surface area contributed by atoms with E-state index in [1.54, 1.807) is 14.2 Å². The van der Waals surface area contributed by atoms with E-state index in [0.29, 0.717) is 0 Å². The predicted molar refractivity (Wildman–Crippen MR) is 226 cm³/mol. The Hall–Kier alpha value is -7.04. The van der Waals surface area contributed by atoms with Gasteiger partial charge >= 0.3 is 0 Å². The van der Waals surface area contributed by atoms with Crippen molar-refractivity contribution in [3.63, 3.8) is 0 Å². The van der Waals surface area contributed by atoms with E-state index in [2.05, 4.69) is 179 Å². The molecule has 0 aliphatic carbocycles. The lowest BCUT2D eigenvalue weighted by Gasteiger charge is -2.14. The lowest BCUT2D eigenvalue weighted by atomic mass is 10.0. The summed E-state index contributed by atoms with van der Waals surface area (Å²) < 4.78 is 15.4. The highest BCUT2D eigenvalue weighted by Crippen LogP contribution is 2.38. The van der Waals surface area contributed by atoms with Gasteiger partial charge in [-0.05, 0) is 71.8 Å². The topological polar surface area (TPSA) is 28.3 Å². The van der Waals surface area contributed by atoms with E-state index in [4.69, 9.17) is 9.47 Å². The van der Waals surface area contributed by atoms with Gasteiger partial charge in [0.05, 0.1) is 47.7 Å². The second kappa shape index (κ2) is 14.2. The second-order valence-corrected chi connectivity index (χ2v) is 13.2. The number of hydrogen-bond donors (Lipinski definition) is 0. The second-order valence-electron chi connectivity index (χ2n) is 13.2. The lowest BCUT2D eigenvalue weighted by Crippen LogP contribution is -1.97. The summed E-state index contributed by atoms with van der Waals surface area (Å²) in [4.78, 5) is 0. The van der Waals surface area contributed by atoms with Crippen LogP contribution in [0.2, 0.25) is 0 Å². The highest BCUT2D eigenvalue weighted by Gasteiger charge is 2.16. The number of hydrogen-bond acceptors (Lipinski definition) is 2. The first-order chi connectivity index (χ1) is 26.7. The molecule has 0 aliphatic heterocycles. The van der Waals surface area contributed by atoms with Crippen molar-refractivity contribution >= 4 is 43.6 Å². The van der Waals surface area contributed by atoms with E-state index in [9.17, 15) is 0 Å². The van der Waals surface area contributed by atoms with Gasteiger partial charge < -0.3 is 18.6 Å². The van der Waals surface area contributed by atoms with Crippen molar-refractivity contribution in [2.75, 3.05) is 14.2 Å². The molecule has 0 unspecified atom stereocenters. The summed E-state index contributed by atoms with van der Waals surface area (Å²) in [6, 6.07) is 68.1. The lowest BCUT2D eigenvalue weighted by molar-refractivity contribution is 0.415. The molecule has 2 heterocycles.